The van der Waals surface area contributed by atoms with Crippen LogP contribution in [0.25, 0.3) is 0 Å². The molecule has 0 amide bonds. The third kappa shape index (κ3) is 3.58. The number of rotatable bonds is 5. The van der Waals surface area contributed by atoms with E-state index in [1.165, 1.54) is 11.1 Å². The minimum Gasteiger partial charge on any atom is -0.481 e. The van der Waals surface area contributed by atoms with Crippen molar-refractivity contribution in [2.45, 2.75) is 32.3 Å². The molecule has 1 N–H and O–H groups in total. The summed E-state index contributed by atoms with van der Waals surface area (Å²) in [6, 6.07) is 8.34. The molecule has 1 aromatic carbocycles. The number of benzene rings is 1. The lowest BCUT2D eigenvalue weighted by Crippen LogP contribution is -2.16. The molecule has 0 aliphatic carbocycles. The number of hydrogen-bond donors (Lipinski definition) is 1. The van der Waals surface area contributed by atoms with Crippen molar-refractivity contribution >= 4 is 11.9 Å². The monoisotopic (exact) mass is 247 g/mol. The number of hydrogen-bond acceptors (Lipinski definition) is 3. The van der Waals surface area contributed by atoms with Crippen molar-refractivity contribution in [1.29, 1.82) is 0 Å². The highest BCUT2D eigenvalue weighted by Gasteiger charge is 2.20. The molecule has 18 heavy (non-hydrogen) atoms. The first-order valence-corrected chi connectivity index (χ1v) is 6.11. The Morgan fingerprint density at radius 1 is 1.44 bits per heavy atom. The number of carboxylic acids is 1. The largest absolute Gasteiger partial charge is 0.481 e. The second-order valence-electron chi connectivity index (χ2n) is 4.56. The fraction of sp³-hybridized carbons (Fsp3) is 0.429. The number of carboxylic acid groups (broad SMARTS) is 1. The molecule has 4 heteroatoms. The maximum atomic E-state index is 10.4. The van der Waals surface area contributed by atoms with Gasteiger partial charge in [0.15, 0.2) is 5.90 Å². The standard InChI is InChI=1S/C14H17NO3/c1-10-2-4-11(5-3-10)8-12-9-15-13(18-12)6-7-14(16)17/h2-5,12H,6-9H2,1H3,(H,16,17). The van der Waals surface area contributed by atoms with Gasteiger partial charge in [0.2, 0.25) is 0 Å². The molecule has 0 aromatic heterocycles. The zero-order chi connectivity index (χ0) is 13.0. The number of carbonyl (C=O) groups is 1. The van der Waals surface area contributed by atoms with Crippen molar-refractivity contribution in [2.24, 2.45) is 4.99 Å². The summed E-state index contributed by atoms with van der Waals surface area (Å²) in [6.45, 7) is 2.69. The predicted molar refractivity (Wildman–Crippen MR) is 68.9 cm³/mol. The van der Waals surface area contributed by atoms with E-state index in [1.54, 1.807) is 0 Å². The number of nitrogens with zero attached hydrogens (tertiary/aromatic N) is 1. The van der Waals surface area contributed by atoms with E-state index in [1.807, 2.05) is 0 Å². The van der Waals surface area contributed by atoms with Crippen LogP contribution in [-0.2, 0) is 16.0 Å². The second-order valence-corrected chi connectivity index (χ2v) is 4.56. The van der Waals surface area contributed by atoms with Gasteiger partial charge in [0.05, 0.1) is 13.0 Å². The first-order chi connectivity index (χ1) is 8.63. The summed E-state index contributed by atoms with van der Waals surface area (Å²) < 4.78 is 5.63. The Morgan fingerprint density at radius 3 is 2.83 bits per heavy atom. The Hall–Kier alpha value is -1.84. The molecular formula is C14H17NO3. The molecule has 1 heterocycles. The maximum Gasteiger partial charge on any atom is 0.303 e. The highest BCUT2D eigenvalue weighted by molar-refractivity contribution is 5.81. The molecule has 0 spiro atoms. The summed E-state index contributed by atoms with van der Waals surface area (Å²) in [5.74, 6) is -0.238. The molecule has 4 nitrogen and oxygen atoms in total. The predicted octanol–water partition coefficient (Wildman–Crippen LogP) is 2.20. The summed E-state index contributed by atoms with van der Waals surface area (Å²) in [5, 5.41) is 8.59. The molecule has 1 aliphatic rings. The van der Waals surface area contributed by atoms with E-state index in [4.69, 9.17) is 9.84 Å². The van der Waals surface area contributed by atoms with Gasteiger partial charge in [-0.05, 0) is 12.5 Å². The van der Waals surface area contributed by atoms with Gasteiger partial charge < -0.3 is 9.84 Å². The third-order valence-corrected chi connectivity index (χ3v) is 2.91. The molecule has 2 rings (SSSR count). The molecule has 0 radical (unpaired) electrons. The van der Waals surface area contributed by atoms with Crippen LogP contribution in [-0.4, -0.2) is 29.6 Å². The normalized spacial score (nSPS) is 18.3. The quantitative estimate of drug-likeness (QED) is 0.867. The van der Waals surface area contributed by atoms with Crippen LogP contribution in [0, 0.1) is 6.92 Å². The Balaban J connectivity index is 1.80. The van der Waals surface area contributed by atoms with Crippen molar-refractivity contribution in [3.8, 4) is 0 Å². The molecule has 0 fully saturated rings. The van der Waals surface area contributed by atoms with Crippen LogP contribution in [0.1, 0.15) is 24.0 Å². The van der Waals surface area contributed by atoms with Crippen LogP contribution in [0.2, 0.25) is 0 Å². The summed E-state index contributed by atoms with van der Waals surface area (Å²) >= 11 is 0. The SMILES string of the molecule is Cc1ccc(CC2CN=C(CCC(=O)O)O2)cc1. The minimum atomic E-state index is -0.816. The molecule has 1 aliphatic heterocycles. The highest BCUT2D eigenvalue weighted by atomic mass is 16.5. The molecule has 0 bridgehead atoms. The fourth-order valence-corrected chi connectivity index (χ4v) is 1.92. The Kier molecular flexibility index (Phi) is 3.97. The number of aliphatic imine (C=N–C) groups is 1. The summed E-state index contributed by atoms with van der Waals surface area (Å²) in [5.41, 5.74) is 2.46. The van der Waals surface area contributed by atoms with E-state index in [9.17, 15) is 4.79 Å². The van der Waals surface area contributed by atoms with Crippen molar-refractivity contribution in [2.75, 3.05) is 6.54 Å². The third-order valence-electron chi connectivity index (χ3n) is 2.91. The van der Waals surface area contributed by atoms with Gasteiger partial charge >= 0.3 is 5.97 Å². The first kappa shape index (κ1) is 12.6. The molecule has 96 valence electrons. The maximum absolute atomic E-state index is 10.4. The van der Waals surface area contributed by atoms with Crippen LogP contribution in [0.15, 0.2) is 29.3 Å². The van der Waals surface area contributed by atoms with Gasteiger partial charge in [0.25, 0.3) is 0 Å². The van der Waals surface area contributed by atoms with Gasteiger partial charge in [0.1, 0.15) is 6.10 Å². The van der Waals surface area contributed by atoms with Crippen molar-refractivity contribution < 1.29 is 14.6 Å². The zero-order valence-corrected chi connectivity index (χ0v) is 10.4. The van der Waals surface area contributed by atoms with Crippen molar-refractivity contribution in [1.82, 2.24) is 0 Å². The van der Waals surface area contributed by atoms with Gasteiger partial charge in [-0.15, -0.1) is 0 Å². The zero-order valence-electron chi connectivity index (χ0n) is 10.4. The number of aliphatic carboxylic acids is 1. The van der Waals surface area contributed by atoms with E-state index in [0.29, 0.717) is 18.9 Å². The second kappa shape index (κ2) is 5.67. The van der Waals surface area contributed by atoms with Gasteiger partial charge in [-0.25, -0.2) is 0 Å². The van der Waals surface area contributed by atoms with Gasteiger partial charge in [0, 0.05) is 12.8 Å². The van der Waals surface area contributed by atoms with E-state index < -0.39 is 5.97 Å². The van der Waals surface area contributed by atoms with Crippen LogP contribution in [0.5, 0.6) is 0 Å². The Morgan fingerprint density at radius 2 is 2.17 bits per heavy atom. The minimum absolute atomic E-state index is 0.0523. The average Bonchev–Trinajstić information content (AvgIpc) is 2.77. The molecule has 1 atom stereocenters. The molecule has 0 saturated heterocycles. The molecule has 0 saturated carbocycles. The van der Waals surface area contributed by atoms with Crippen LogP contribution in [0.3, 0.4) is 0 Å². The summed E-state index contributed by atoms with van der Waals surface area (Å²) in [7, 11) is 0. The lowest BCUT2D eigenvalue weighted by molar-refractivity contribution is -0.136. The van der Waals surface area contributed by atoms with Gasteiger partial charge in [-0.3, -0.25) is 9.79 Å². The lowest BCUT2D eigenvalue weighted by atomic mass is 10.1. The van der Waals surface area contributed by atoms with E-state index >= 15 is 0 Å². The van der Waals surface area contributed by atoms with Crippen molar-refractivity contribution in [3.05, 3.63) is 35.4 Å². The van der Waals surface area contributed by atoms with Crippen LogP contribution >= 0.6 is 0 Å². The summed E-state index contributed by atoms with van der Waals surface area (Å²) in [4.78, 5) is 14.7. The first-order valence-electron chi connectivity index (χ1n) is 6.11. The van der Waals surface area contributed by atoms with Gasteiger partial charge in [-0.2, -0.15) is 0 Å². The average molecular weight is 247 g/mol. The van der Waals surface area contributed by atoms with E-state index in [0.717, 1.165) is 6.42 Å². The van der Waals surface area contributed by atoms with Crippen molar-refractivity contribution in [3.63, 3.8) is 0 Å². The fourth-order valence-electron chi connectivity index (χ4n) is 1.92. The van der Waals surface area contributed by atoms with E-state index in [2.05, 4.69) is 36.2 Å². The molecule has 1 unspecified atom stereocenters. The molecule has 1 aromatic rings. The molecular weight excluding hydrogens is 230 g/mol. The number of aryl methyl sites for hydroxylation is 1. The smallest absolute Gasteiger partial charge is 0.303 e. The van der Waals surface area contributed by atoms with Crippen LogP contribution < -0.4 is 0 Å². The Bertz CT molecular complexity index is 451. The van der Waals surface area contributed by atoms with Crippen LogP contribution in [0.4, 0.5) is 0 Å². The van der Waals surface area contributed by atoms with E-state index in [-0.39, 0.29) is 12.5 Å². The highest BCUT2D eigenvalue weighted by Crippen LogP contribution is 2.14. The topological polar surface area (TPSA) is 58.9 Å². The van der Waals surface area contributed by atoms with Gasteiger partial charge in [-0.1, -0.05) is 29.8 Å². The summed E-state index contributed by atoms with van der Waals surface area (Å²) in [6.07, 6.45) is 1.34. The lowest BCUT2D eigenvalue weighted by Gasteiger charge is -2.11. The number of ether oxygens (including phenoxy) is 1. The Labute approximate surface area is 106 Å².